The van der Waals surface area contributed by atoms with Gasteiger partial charge in [-0.1, -0.05) is 0 Å². The van der Waals surface area contributed by atoms with Crippen molar-refractivity contribution in [1.82, 2.24) is 0 Å². The van der Waals surface area contributed by atoms with E-state index in [0.29, 0.717) is 15.9 Å². The Morgan fingerprint density at radius 1 is 1.15 bits per heavy atom. The summed E-state index contributed by atoms with van der Waals surface area (Å²) < 4.78 is 32.6. The van der Waals surface area contributed by atoms with Gasteiger partial charge in [-0.3, -0.25) is 4.72 Å². The monoisotopic (exact) mass is 357 g/mol. The van der Waals surface area contributed by atoms with Crippen LogP contribution in [-0.2, 0) is 10.0 Å². The summed E-state index contributed by atoms with van der Waals surface area (Å²) in [6.45, 7) is 0. The number of halogens is 1. The number of nitrogens with one attached hydrogen (secondary N) is 1. The fourth-order valence-corrected chi connectivity index (χ4v) is 3.03. The maximum atomic E-state index is 12.2. The van der Waals surface area contributed by atoms with Crippen LogP contribution < -0.4 is 9.46 Å². The first-order valence-electron chi connectivity index (χ1n) is 5.58. The van der Waals surface area contributed by atoms with Gasteiger partial charge in [0.15, 0.2) is 0 Å². The third-order valence-electron chi connectivity index (χ3n) is 2.55. The van der Waals surface area contributed by atoms with Gasteiger partial charge in [0.1, 0.15) is 11.5 Å². The van der Waals surface area contributed by atoms with Crippen LogP contribution in [0.4, 0.5) is 5.69 Å². The molecule has 0 heterocycles. The molecule has 0 saturated heterocycles. The molecule has 2 rings (SSSR count). The lowest BCUT2D eigenvalue weighted by Crippen LogP contribution is -2.12. The molecule has 0 bridgehead atoms. The molecule has 0 unspecified atom stereocenters. The summed E-state index contributed by atoms with van der Waals surface area (Å²) in [5, 5.41) is 9.17. The summed E-state index contributed by atoms with van der Waals surface area (Å²) in [5.74, 6) is 0.497. The van der Waals surface area contributed by atoms with Crippen LogP contribution in [0.2, 0.25) is 0 Å². The van der Waals surface area contributed by atoms with Gasteiger partial charge in [0.05, 0.1) is 16.5 Å². The van der Waals surface area contributed by atoms with Crippen LogP contribution in [0.25, 0.3) is 0 Å². The van der Waals surface area contributed by atoms with E-state index in [2.05, 4.69) is 20.7 Å². The second kappa shape index (κ2) is 5.72. The minimum atomic E-state index is -3.71. The highest BCUT2D eigenvalue weighted by Crippen LogP contribution is 2.28. The van der Waals surface area contributed by atoms with Crippen molar-refractivity contribution in [1.29, 1.82) is 0 Å². The van der Waals surface area contributed by atoms with Crippen molar-refractivity contribution < 1.29 is 18.3 Å². The molecule has 2 aromatic rings. The average molecular weight is 358 g/mol. The number of hydrogen-bond donors (Lipinski definition) is 2. The topological polar surface area (TPSA) is 75.6 Å². The number of hydrogen-bond acceptors (Lipinski definition) is 4. The summed E-state index contributed by atoms with van der Waals surface area (Å²) in [5.41, 5.74) is 0.365. The predicted octanol–water partition coefficient (Wildman–Crippen LogP) is 2.96. The number of anilines is 1. The molecular formula is C13H12BrNO4S. The zero-order valence-corrected chi connectivity index (χ0v) is 12.9. The highest BCUT2D eigenvalue weighted by molar-refractivity contribution is 9.10. The zero-order chi connectivity index (χ0) is 14.8. The Morgan fingerprint density at radius 2 is 1.80 bits per heavy atom. The minimum absolute atomic E-state index is 0.0678. The maximum Gasteiger partial charge on any atom is 0.262 e. The van der Waals surface area contributed by atoms with Crippen LogP contribution in [0.3, 0.4) is 0 Å². The average Bonchev–Trinajstić information content (AvgIpc) is 2.41. The first-order valence-corrected chi connectivity index (χ1v) is 7.85. The lowest BCUT2D eigenvalue weighted by molar-refractivity contribution is 0.411. The minimum Gasteiger partial charge on any atom is -0.508 e. The molecule has 0 spiro atoms. The first kappa shape index (κ1) is 14.7. The third kappa shape index (κ3) is 3.23. The molecular weight excluding hydrogens is 346 g/mol. The Balaban J connectivity index is 2.33. The summed E-state index contributed by atoms with van der Waals surface area (Å²) >= 11 is 3.26. The number of benzene rings is 2. The second-order valence-corrected chi connectivity index (χ2v) is 6.49. The van der Waals surface area contributed by atoms with Crippen LogP contribution in [0.1, 0.15) is 0 Å². The molecule has 0 radical (unpaired) electrons. The summed E-state index contributed by atoms with van der Waals surface area (Å²) in [6, 6.07) is 10.2. The standard InChI is InChI=1S/C13H12BrNO4S/c1-19-13-8-11(6-7-12(13)14)20(17,18)15-9-2-4-10(16)5-3-9/h2-8,15-16H,1H3. The number of aromatic hydroxyl groups is 1. The Morgan fingerprint density at radius 3 is 2.40 bits per heavy atom. The molecule has 0 aromatic heterocycles. The number of methoxy groups -OCH3 is 1. The summed E-state index contributed by atoms with van der Waals surface area (Å²) in [4.78, 5) is 0.0885. The molecule has 0 aliphatic heterocycles. The smallest absolute Gasteiger partial charge is 0.262 e. The molecule has 2 N–H and O–H groups in total. The molecule has 20 heavy (non-hydrogen) atoms. The van der Waals surface area contributed by atoms with Gasteiger partial charge in [-0.05, 0) is 52.3 Å². The quantitative estimate of drug-likeness (QED) is 0.824. The fraction of sp³-hybridized carbons (Fsp3) is 0.0769. The van der Waals surface area contributed by atoms with E-state index in [1.807, 2.05) is 0 Å². The van der Waals surface area contributed by atoms with Gasteiger partial charge in [0, 0.05) is 11.8 Å². The Labute approximate surface area is 125 Å². The lowest BCUT2D eigenvalue weighted by Gasteiger charge is -2.10. The molecule has 106 valence electrons. The van der Waals surface area contributed by atoms with Crippen LogP contribution >= 0.6 is 15.9 Å². The molecule has 0 atom stereocenters. The van der Waals surface area contributed by atoms with Gasteiger partial charge >= 0.3 is 0 Å². The summed E-state index contributed by atoms with van der Waals surface area (Å²) in [6.07, 6.45) is 0. The highest BCUT2D eigenvalue weighted by Gasteiger charge is 2.16. The number of rotatable bonds is 4. The van der Waals surface area contributed by atoms with Gasteiger partial charge in [-0.15, -0.1) is 0 Å². The van der Waals surface area contributed by atoms with Crippen molar-refractivity contribution >= 4 is 31.6 Å². The molecule has 0 aliphatic carbocycles. The lowest BCUT2D eigenvalue weighted by atomic mass is 10.3. The van der Waals surface area contributed by atoms with Crippen molar-refractivity contribution in [3.63, 3.8) is 0 Å². The predicted molar refractivity (Wildman–Crippen MR) is 79.6 cm³/mol. The van der Waals surface area contributed by atoms with Gasteiger partial charge < -0.3 is 9.84 Å². The molecule has 2 aromatic carbocycles. The number of phenolic OH excluding ortho intramolecular Hbond substituents is 1. The van der Waals surface area contributed by atoms with Crippen molar-refractivity contribution in [2.75, 3.05) is 11.8 Å². The van der Waals surface area contributed by atoms with E-state index in [-0.39, 0.29) is 10.6 Å². The molecule has 0 saturated carbocycles. The normalized spacial score (nSPS) is 11.1. The van der Waals surface area contributed by atoms with Gasteiger partial charge in [0.25, 0.3) is 10.0 Å². The molecule has 0 fully saturated rings. The molecule has 0 aliphatic rings. The fourth-order valence-electron chi connectivity index (χ4n) is 1.55. The largest absolute Gasteiger partial charge is 0.508 e. The van der Waals surface area contributed by atoms with E-state index in [1.165, 1.54) is 43.5 Å². The van der Waals surface area contributed by atoms with E-state index in [9.17, 15) is 13.5 Å². The molecule has 5 nitrogen and oxygen atoms in total. The number of phenols is 1. The van der Waals surface area contributed by atoms with E-state index < -0.39 is 10.0 Å². The molecule has 0 amide bonds. The van der Waals surface area contributed by atoms with Crippen LogP contribution in [0.5, 0.6) is 11.5 Å². The number of sulfonamides is 1. The van der Waals surface area contributed by atoms with Crippen molar-refractivity contribution in [2.24, 2.45) is 0 Å². The Bertz CT molecular complexity index is 714. The van der Waals surface area contributed by atoms with Crippen LogP contribution in [0.15, 0.2) is 51.8 Å². The van der Waals surface area contributed by atoms with Crippen molar-refractivity contribution in [2.45, 2.75) is 4.90 Å². The Kier molecular flexibility index (Phi) is 4.20. The second-order valence-electron chi connectivity index (χ2n) is 3.95. The molecule has 7 heteroatoms. The third-order valence-corrected chi connectivity index (χ3v) is 4.59. The van der Waals surface area contributed by atoms with Crippen LogP contribution in [0, 0.1) is 0 Å². The maximum absolute atomic E-state index is 12.2. The summed E-state index contributed by atoms with van der Waals surface area (Å²) in [7, 11) is -2.25. The van der Waals surface area contributed by atoms with E-state index in [0.717, 1.165) is 0 Å². The van der Waals surface area contributed by atoms with E-state index in [4.69, 9.17) is 4.74 Å². The Hall–Kier alpha value is -1.73. The number of ether oxygens (including phenoxy) is 1. The highest BCUT2D eigenvalue weighted by atomic mass is 79.9. The van der Waals surface area contributed by atoms with Crippen molar-refractivity contribution in [3.05, 3.63) is 46.9 Å². The van der Waals surface area contributed by atoms with Gasteiger partial charge in [0.2, 0.25) is 0 Å². The van der Waals surface area contributed by atoms with Crippen molar-refractivity contribution in [3.8, 4) is 11.5 Å². The van der Waals surface area contributed by atoms with E-state index >= 15 is 0 Å². The van der Waals surface area contributed by atoms with Gasteiger partial charge in [-0.2, -0.15) is 0 Å². The first-order chi connectivity index (χ1) is 9.42. The zero-order valence-electron chi connectivity index (χ0n) is 10.5. The van der Waals surface area contributed by atoms with Gasteiger partial charge in [-0.25, -0.2) is 8.42 Å². The SMILES string of the molecule is COc1cc(S(=O)(=O)Nc2ccc(O)cc2)ccc1Br. The van der Waals surface area contributed by atoms with E-state index in [1.54, 1.807) is 6.07 Å². The van der Waals surface area contributed by atoms with Crippen LogP contribution in [-0.4, -0.2) is 20.6 Å².